The van der Waals surface area contributed by atoms with Crippen molar-refractivity contribution in [2.45, 2.75) is 20.8 Å². The molecular weight excluding hydrogens is 308 g/mol. The van der Waals surface area contributed by atoms with Gasteiger partial charge in [0.25, 0.3) is 11.6 Å². The Hall–Kier alpha value is -2.89. The zero-order chi connectivity index (χ0) is 17.7. The van der Waals surface area contributed by atoms with Gasteiger partial charge in [-0.05, 0) is 56.2 Å². The molecule has 2 rings (SSSR count). The second kappa shape index (κ2) is 7.59. The summed E-state index contributed by atoms with van der Waals surface area (Å²) in [6, 6.07) is 10.2. The third-order valence-corrected chi connectivity index (χ3v) is 3.51. The monoisotopic (exact) mass is 328 g/mol. The lowest BCUT2D eigenvalue weighted by molar-refractivity contribution is -0.385. The van der Waals surface area contributed by atoms with E-state index in [-0.39, 0.29) is 11.6 Å². The van der Waals surface area contributed by atoms with Crippen molar-refractivity contribution >= 4 is 11.6 Å². The van der Waals surface area contributed by atoms with Gasteiger partial charge in [-0.15, -0.1) is 0 Å². The Kier molecular flexibility index (Phi) is 5.52. The third kappa shape index (κ3) is 4.55. The van der Waals surface area contributed by atoms with E-state index in [4.69, 9.17) is 4.74 Å². The smallest absolute Gasteiger partial charge is 0.272 e. The number of aryl methyl sites for hydroxylation is 3. The summed E-state index contributed by atoms with van der Waals surface area (Å²) in [4.78, 5) is 22.4. The van der Waals surface area contributed by atoms with Gasteiger partial charge in [0.1, 0.15) is 12.4 Å². The van der Waals surface area contributed by atoms with Crippen molar-refractivity contribution in [1.29, 1.82) is 0 Å². The van der Waals surface area contributed by atoms with Gasteiger partial charge < -0.3 is 10.1 Å². The van der Waals surface area contributed by atoms with Crippen LogP contribution in [0, 0.1) is 30.9 Å². The van der Waals surface area contributed by atoms with Gasteiger partial charge in [-0.25, -0.2) is 0 Å². The Balaban J connectivity index is 1.87. The molecule has 2 aromatic rings. The molecule has 0 radical (unpaired) electrons. The third-order valence-electron chi connectivity index (χ3n) is 3.51. The quantitative estimate of drug-likeness (QED) is 0.501. The first-order valence-corrected chi connectivity index (χ1v) is 7.61. The minimum Gasteiger partial charge on any atom is -0.492 e. The summed E-state index contributed by atoms with van der Waals surface area (Å²) in [5.41, 5.74) is 3.10. The zero-order valence-electron chi connectivity index (χ0n) is 14.0. The highest BCUT2D eigenvalue weighted by molar-refractivity contribution is 5.94. The highest BCUT2D eigenvalue weighted by Gasteiger charge is 2.13. The van der Waals surface area contributed by atoms with Crippen LogP contribution in [0.15, 0.2) is 36.4 Å². The standard InChI is InChI=1S/C18H20N2O4/c1-12-8-13(2)10-16(9-12)24-7-6-19-18(21)15-4-5-17(20(22)23)14(3)11-15/h4-5,8-11H,6-7H2,1-3H3,(H,19,21). The minimum atomic E-state index is -0.464. The summed E-state index contributed by atoms with van der Waals surface area (Å²) in [6.45, 7) is 6.30. The highest BCUT2D eigenvalue weighted by Crippen LogP contribution is 2.19. The van der Waals surface area contributed by atoms with Crippen LogP contribution in [-0.4, -0.2) is 24.0 Å². The fraction of sp³-hybridized carbons (Fsp3) is 0.278. The van der Waals surface area contributed by atoms with Crippen LogP contribution in [0.1, 0.15) is 27.0 Å². The largest absolute Gasteiger partial charge is 0.492 e. The molecule has 126 valence electrons. The number of rotatable bonds is 6. The lowest BCUT2D eigenvalue weighted by Crippen LogP contribution is -2.28. The zero-order valence-corrected chi connectivity index (χ0v) is 14.0. The fourth-order valence-electron chi connectivity index (χ4n) is 2.45. The van der Waals surface area contributed by atoms with E-state index in [0.717, 1.165) is 16.9 Å². The number of ether oxygens (including phenoxy) is 1. The van der Waals surface area contributed by atoms with E-state index in [1.807, 2.05) is 26.0 Å². The molecule has 0 aliphatic rings. The Morgan fingerprint density at radius 2 is 1.79 bits per heavy atom. The first-order valence-electron chi connectivity index (χ1n) is 7.61. The van der Waals surface area contributed by atoms with E-state index in [0.29, 0.717) is 24.3 Å². The van der Waals surface area contributed by atoms with Crippen LogP contribution in [0.2, 0.25) is 0 Å². The van der Waals surface area contributed by atoms with Crippen molar-refractivity contribution < 1.29 is 14.5 Å². The topological polar surface area (TPSA) is 81.5 Å². The molecule has 6 nitrogen and oxygen atoms in total. The number of nitro benzene ring substituents is 1. The maximum atomic E-state index is 12.1. The van der Waals surface area contributed by atoms with E-state index < -0.39 is 4.92 Å². The molecule has 0 atom stereocenters. The van der Waals surface area contributed by atoms with Gasteiger partial charge in [-0.2, -0.15) is 0 Å². The van der Waals surface area contributed by atoms with Gasteiger partial charge in [0.15, 0.2) is 0 Å². The summed E-state index contributed by atoms with van der Waals surface area (Å²) in [5, 5.41) is 13.5. The van der Waals surface area contributed by atoms with E-state index in [2.05, 4.69) is 11.4 Å². The maximum absolute atomic E-state index is 12.1. The van der Waals surface area contributed by atoms with Crippen LogP contribution >= 0.6 is 0 Å². The molecule has 6 heteroatoms. The summed E-state index contributed by atoms with van der Waals surface area (Å²) in [6.07, 6.45) is 0. The molecule has 0 saturated heterocycles. The second-order valence-electron chi connectivity index (χ2n) is 5.69. The number of hydrogen-bond acceptors (Lipinski definition) is 4. The highest BCUT2D eigenvalue weighted by atomic mass is 16.6. The summed E-state index contributed by atoms with van der Waals surface area (Å²) in [5.74, 6) is 0.491. The number of nitrogens with one attached hydrogen (secondary N) is 1. The van der Waals surface area contributed by atoms with Crippen LogP contribution in [0.25, 0.3) is 0 Å². The Labute approximate surface area is 140 Å². The minimum absolute atomic E-state index is 0.00435. The van der Waals surface area contributed by atoms with Crippen LogP contribution in [0.3, 0.4) is 0 Å². The number of nitrogens with zero attached hydrogens (tertiary/aromatic N) is 1. The van der Waals surface area contributed by atoms with Gasteiger partial charge in [-0.3, -0.25) is 14.9 Å². The first kappa shape index (κ1) is 17.5. The van der Waals surface area contributed by atoms with E-state index in [1.54, 1.807) is 6.92 Å². The van der Waals surface area contributed by atoms with Gasteiger partial charge in [0.05, 0.1) is 11.5 Å². The van der Waals surface area contributed by atoms with Crippen LogP contribution in [0.5, 0.6) is 5.75 Å². The maximum Gasteiger partial charge on any atom is 0.272 e. The molecule has 0 spiro atoms. The summed E-state index contributed by atoms with van der Waals surface area (Å²) < 4.78 is 5.62. The Bertz CT molecular complexity index is 751. The number of benzene rings is 2. The first-order chi connectivity index (χ1) is 11.4. The van der Waals surface area contributed by atoms with Gasteiger partial charge in [0.2, 0.25) is 0 Å². The van der Waals surface area contributed by atoms with Crippen LogP contribution in [-0.2, 0) is 0 Å². The number of amides is 1. The van der Waals surface area contributed by atoms with Crippen molar-refractivity contribution in [2.24, 2.45) is 0 Å². The van der Waals surface area contributed by atoms with Gasteiger partial charge >= 0.3 is 0 Å². The lowest BCUT2D eigenvalue weighted by atomic mass is 10.1. The van der Waals surface area contributed by atoms with Crippen molar-refractivity contribution in [3.8, 4) is 5.75 Å². The number of carbonyl (C=O) groups is 1. The predicted molar refractivity (Wildman–Crippen MR) is 91.6 cm³/mol. The normalized spacial score (nSPS) is 10.3. The van der Waals surface area contributed by atoms with Crippen LogP contribution < -0.4 is 10.1 Å². The van der Waals surface area contributed by atoms with E-state index in [1.165, 1.54) is 18.2 Å². The molecule has 0 aliphatic heterocycles. The number of hydrogen-bond donors (Lipinski definition) is 1. The second-order valence-corrected chi connectivity index (χ2v) is 5.69. The number of nitro groups is 1. The molecule has 0 unspecified atom stereocenters. The van der Waals surface area contributed by atoms with Crippen LogP contribution in [0.4, 0.5) is 5.69 Å². The van der Waals surface area contributed by atoms with E-state index in [9.17, 15) is 14.9 Å². The van der Waals surface area contributed by atoms with Crippen molar-refractivity contribution in [3.63, 3.8) is 0 Å². The molecule has 0 heterocycles. The van der Waals surface area contributed by atoms with Crippen molar-refractivity contribution in [3.05, 3.63) is 68.8 Å². The van der Waals surface area contributed by atoms with Crippen molar-refractivity contribution in [1.82, 2.24) is 5.32 Å². The fourth-order valence-corrected chi connectivity index (χ4v) is 2.45. The van der Waals surface area contributed by atoms with Gasteiger partial charge in [-0.1, -0.05) is 6.07 Å². The molecule has 2 aromatic carbocycles. The SMILES string of the molecule is Cc1cc(C)cc(OCCNC(=O)c2ccc([N+](=O)[O-])c(C)c2)c1. The van der Waals surface area contributed by atoms with Crippen molar-refractivity contribution in [2.75, 3.05) is 13.2 Å². The lowest BCUT2D eigenvalue weighted by Gasteiger charge is -2.09. The molecule has 0 saturated carbocycles. The molecule has 0 bridgehead atoms. The average molecular weight is 328 g/mol. The predicted octanol–water partition coefficient (Wildman–Crippen LogP) is 3.33. The molecule has 24 heavy (non-hydrogen) atoms. The molecule has 1 N–H and O–H groups in total. The van der Waals surface area contributed by atoms with E-state index >= 15 is 0 Å². The molecule has 0 fully saturated rings. The molecule has 0 aliphatic carbocycles. The number of carbonyl (C=O) groups excluding carboxylic acids is 1. The summed E-state index contributed by atoms with van der Waals surface area (Å²) >= 11 is 0. The Morgan fingerprint density at radius 1 is 1.12 bits per heavy atom. The van der Waals surface area contributed by atoms with Gasteiger partial charge in [0, 0.05) is 17.2 Å². The molecule has 0 aromatic heterocycles. The molecule has 1 amide bonds. The Morgan fingerprint density at radius 3 is 2.38 bits per heavy atom. The summed E-state index contributed by atoms with van der Waals surface area (Å²) in [7, 11) is 0. The average Bonchev–Trinajstić information content (AvgIpc) is 2.50. The molecular formula is C18H20N2O4.